The molecule has 0 radical (unpaired) electrons. The van der Waals surface area contributed by atoms with Crippen LogP contribution in [0.5, 0.6) is 0 Å². The second kappa shape index (κ2) is 5.42. The lowest BCUT2D eigenvalue weighted by molar-refractivity contribution is 0.497. The van der Waals surface area contributed by atoms with E-state index in [-0.39, 0.29) is 12.1 Å². The monoisotopic (exact) mass is 232 g/mol. The molecule has 0 saturated carbocycles. The second-order valence-corrected chi connectivity index (χ2v) is 4.52. The van der Waals surface area contributed by atoms with Crippen LogP contribution in [0.25, 0.3) is 0 Å². The summed E-state index contributed by atoms with van der Waals surface area (Å²) >= 11 is 5.73. The van der Waals surface area contributed by atoms with Gasteiger partial charge in [-0.2, -0.15) is 4.89 Å². The number of hydrogen-bond donors (Lipinski definition) is 2. The van der Waals surface area contributed by atoms with E-state index in [9.17, 15) is 4.57 Å². The average Bonchev–Trinajstić information content (AvgIpc) is 2.15. The van der Waals surface area contributed by atoms with Gasteiger partial charge in [0.25, 0.3) is 0 Å². The van der Waals surface area contributed by atoms with Crippen molar-refractivity contribution >= 4 is 19.6 Å². The van der Waals surface area contributed by atoms with Crippen molar-refractivity contribution < 1.29 is 9.46 Å². The molecule has 3 N–H and O–H groups in total. The molecule has 0 saturated heterocycles. The van der Waals surface area contributed by atoms with Gasteiger partial charge in [0.2, 0.25) is 0 Å². The summed E-state index contributed by atoms with van der Waals surface area (Å²) in [5.41, 5.74) is 6.47. The van der Waals surface area contributed by atoms with Gasteiger partial charge in [-0.25, -0.2) is 0 Å². The lowest BCUT2D eigenvalue weighted by Gasteiger charge is -2.08. The van der Waals surface area contributed by atoms with Crippen LogP contribution in [-0.2, 0) is 4.57 Å². The van der Waals surface area contributed by atoms with E-state index >= 15 is 0 Å². The molecule has 0 aliphatic heterocycles. The third-order valence-corrected chi connectivity index (χ3v) is 3.01. The summed E-state index contributed by atoms with van der Waals surface area (Å²) in [5, 5.41) is 0.651. The van der Waals surface area contributed by atoms with Gasteiger partial charge >= 0.3 is 8.03 Å². The highest BCUT2D eigenvalue weighted by molar-refractivity contribution is 7.38. The van der Waals surface area contributed by atoms with E-state index < -0.39 is 8.03 Å². The summed E-state index contributed by atoms with van der Waals surface area (Å²) in [4.78, 5) is 8.80. The lowest BCUT2D eigenvalue weighted by Crippen LogP contribution is -2.14. The van der Waals surface area contributed by atoms with Crippen molar-refractivity contribution in [2.75, 3.05) is 12.7 Å². The Kier molecular flexibility index (Phi) is 4.49. The van der Waals surface area contributed by atoms with Crippen LogP contribution in [0.4, 0.5) is 0 Å². The topological polar surface area (TPSA) is 63.3 Å². The van der Waals surface area contributed by atoms with E-state index in [1.165, 1.54) is 0 Å². The van der Waals surface area contributed by atoms with Crippen LogP contribution in [0.3, 0.4) is 0 Å². The Bertz CT molecular complexity index is 315. The second-order valence-electron chi connectivity index (χ2n) is 3.02. The normalized spacial score (nSPS) is 13.8. The molecule has 5 heteroatoms. The van der Waals surface area contributed by atoms with Crippen molar-refractivity contribution in [3.8, 4) is 0 Å². The van der Waals surface area contributed by atoms with Gasteiger partial charge in [-0.15, -0.1) is 0 Å². The van der Waals surface area contributed by atoms with E-state index in [0.29, 0.717) is 11.6 Å². The fourth-order valence-electron chi connectivity index (χ4n) is 1.24. The fourth-order valence-corrected chi connectivity index (χ4v) is 2.10. The summed E-state index contributed by atoms with van der Waals surface area (Å²) in [6.45, 7) is 0.364. The number of nitrogens with two attached hydrogens (primary N) is 1. The van der Waals surface area contributed by atoms with Crippen LogP contribution >= 0.6 is 19.6 Å². The summed E-state index contributed by atoms with van der Waals surface area (Å²) in [7, 11) is -2.14. The SMILES string of the molecule is NCC(C[P+](=O)O)c1ccc(Cl)cc1. The molecule has 0 bridgehead atoms. The molecule has 0 fully saturated rings. The highest BCUT2D eigenvalue weighted by atomic mass is 35.5. The molecular weight excluding hydrogens is 221 g/mol. The van der Waals surface area contributed by atoms with Gasteiger partial charge < -0.3 is 5.73 Å². The first-order valence-corrected chi connectivity index (χ1v) is 6.00. The van der Waals surface area contributed by atoms with Crippen LogP contribution in [0, 0.1) is 0 Å². The molecule has 0 aromatic heterocycles. The Morgan fingerprint density at radius 2 is 2.00 bits per heavy atom. The predicted octanol–water partition coefficient (Wildman–Crippen LogP) is 2.12. The molecule has 1 rings (SSSR count). The zero-order chi connectivity index (χ0) is 10.6. The van der Waals surface area contributed by atoms with Crippen LogP contribution in [0.1, 0.15) is 11.5 Å². The zero-order valence-electron chi connectivity index (χ0n) is 7.56. The van der Waals surface area contributed by atoms with E-state index in [4.69, 9.17) is 22.2 Å². The molecule has 0 aliphatic rings. The molecule has 0 amide bonds. The maximum absolute atomic E-state index is 10.7. The van der Waals surface area contributed by atoms with Crippen molar-refractivity contribution in [2.45, 2.75) is 5.92 Å². The van der Waals surface area contributed by atoms with Crippen LogP contribution in [0.2, 0.25) is 5.02 Å². The zero-order valence-corrected chi connectivity index (χ0v) is 9.21. The quantitative estimate of drug-likeness (QED) is 0.782. The van der Waals surface area contributed by atoms with Gasteiger partial charge in [0.1, 0.15) is 0 Å². The third-order valence-electron chi connectivity index (χ3n) is 2.00. The van der Waals surface area contributed by atoms with Crippen molar-refractivity contribution in [3.05, 3.63) is 34.9 Å². The van der Waals surface area contributed by atoms with Gasteiger partial charge in [-0.1, -0.05) is 23.7 Å². The molecule has 0 aliphatic carbocycles. The number of halogens is 1. The molecular formula is C9H12ClNO2P+. The van der Waals surface area contributed by atoms with Gasteiger partial charge in [0, 0.05) is 17.5 Å². The molecule has 2 atom stereocenters. The minimum atomic E-state index is -2.14. The van der Waals surface area contributed by atoms with Gasteiger partial charge in [0.05, 0.1) is 0 Å². The van der Waals surface area contributed by atoms with Crippen molar-refractivity contribution in [3.63, 3.8) is 0 Å². The summed E-state index contributed by atoms with van der Waals surface area (Å²) in [6, 6.07) is 7.17. The van der Waals surface area contributed by atoms with E-state index in [1.54, 1.807) is 12.1 Å². The smallest absolute Gasteiger partial charge is 0.330 e. The van der Waals surface area contributed by atoms with Crippen molar-refractivity contribution in [2.24, 2.45) is 5.73 Å². The van der Waals surface area contributed by atoms with Gasteiger partial charge in [0.15, 0.2) is 6.16 Å². The molecule has 0 spiro atoms. The molecule has 3 nitrogen and oxygen atoms in total. The van der Waals surface area contributed by atoms with Gasteiger partial charge in [-0.3, -0.25) is 0 Å². The number of rotatable bonds is 4. The Morgan fingerprint density at radius 1 is 1.43 bits per heavy atom. The van der Waals surface area contributed by atoms with Crippen molar-refractivity contribution in [1.29, 1.82) is 0 Å². The minimum absolute atomic E-state index is 0.0686. The average molecular weight is 233 g/mol. The Labute approximate surface area is 88.8 Å². The maximum atomic E-state index is 10.7. The highest BCUT2D eigenvalue weighted by Gasteiger charge is 2.21. The first-order chi connectivity index (χ1) is 6.63. The first-order valence-electron chi connectivity index (χ1n) is 4.22. The van der Waals surface area contributed by atoms with Crippen molar-refractivity contribution in [1.82, 2.24) is 0 Å². The summed E-state index contributed by atoms with van der Waals surface area (Å²) in [5.74, 6) is -0.0686. The van der Waals surface area contributed by atoms with E-state index in [1.807, 2.05) is 12.1 Å². The number of benzene rings is 1. The third kappa shape index (κ3) is 3.35. The van der Waals surface area contributed by atoms with Crippen LogP contribution < -0.4 is 5.73 Å². The predicted molar refractivity (Wildman–Crippen MR) is 57.9 cm³/mol. The molecule has 14 heavy (non-hydrogen) atoms. The Balaban J connectivity index is 2.78. The summed E-state index contributed by atoms with van der Waals surface area (Å²) < 4.78 is 10.7. The number of hydrogen-bond acceptors (Lipinski definition) is 2. The van der Waals surface area contributed by atoms with Gasteiger partial charge in [-0.05, 0) is 22.3 Å². The van der Waals surface area contributed by atoms with Crippen LogP contribution in [-0.4, -0.2) is 17.6 Å². The Morgan fingerprint density at radius 3 is 2.43 bits per heavy atom. The molecule has 0 heterocycles. The lowest BCUT2D eigenvalue weighted by atomic mass is 10.0. The standard InChI is InChI=1S/C9H11ClNO2P/c10-9-3-1-7(2-4-9)8(5-11)6-14(12)13/h1-4,8H,5-6,11H2/p+1. The highest BCUT2D eigenvalue weighted by Crippen LogP contribution is 2.26. The maximum Gasteiger partial charge on any atom is 0.506 e. The fraction of sp³-hybridized carbons (Fsp3) is 0.333. The molecule has 1 aromatic carbocycles. The van der Waals surface area contributed by atoms with E-state index in [0.717, 1.165) is 5.56 Å². The summed E-state index contributed by atoms with van der Waals surface area (Å²) in [6.07, 6.45) is 0.202. The molecule has 1 aromatic rings. The minimum Gasteiger partial charge on any atom is -0.330 e. The Hall–Kier alpha value is -0.470. The molecule has 76 valence electrons. The van der Waals surface area contributed by atoms with Crippen LogP contribution in [0.15, 0.2) is 24.3 Å². The first kappa shape index (κ1) is 11.6. The molecule has 2 unspecified atom stereocenters. The van der Waals surface area contributed by atoms with E-state index in [2.05, 4.69) is 0 Å². The largest absolute Gasteiger partial charge is 0.506 e.